The van der Waals surface area contributed by atoms with E-state index in [9.17, 15) is 23.1 Å². The predicted octanol–water partition coefficient (Wildman–Crippen LogP) is 2.74. The first kappa shape index (κ1) is 24.9. The molecule has 11 heteroatoms. The van der Waals surface area contributed by atoms with Crippen molar-refractivity contribution in [2.24, 2.45) is 5.73 Å². The van der Waals surface area contributed by atoms with Gasteiger partial charge in [0.1, 0.15) is 18.5 Å². The lowest BCUT2D eigenvalue weighted by atomic mass is 10.1. The van der Waals surface area contributed by atoms with Crippen molar-refractivity contribution in [3.05, 3.63) is 84.4 Å². The number of nitrogens with one attached hydrogen (secondary N) is 1. The van der Waals surface area contributed by atoms with Crippen molar-refractivity contribution in [1.29, 1.82) is 5.41 Å². The lowest BCUT2D eigenvalue weighted by Crippen LogP contribution is -2.42. The lowest BCUT2D eigenvalue weighted by Gasteiger charge is -2.23. The molecule has 0 radical (unpaired) electrons. The van der Waals surface area contributed by atoms with Gasteiger partial charge in [0.15, 0.2) is 0 Å². The number of amides is 1. The first-order chi connectivity index (χ1) is 17.1. The maximum absolute atomic E-state index is 13.3. The normalized spacial score (nSPS) is 15.6. The van der Waals surface area contributed by atoms with Gasteiger partial charge in [-0.1, -0.05) is 42.5 Å². The van der Waals surface area contributed by atoms with Crippen LogP contribution in [0.1, 0.15) is 5.56 Å². The van der Waals surface area contributed by atoms with Crippen molar-refractivity contribution < 1.29 is 27.9 Å². The minimum Gasteiger partial charge on any atom is -0.480 e. The number of ether oxygens (including phenoxy) is 1. The SMILES string of the molecule is N=C(N)c1ccc(N2CC(CN(CC(=O)O)S(=O)(=O)c3ccc(-c4ccccc4)cc3)OC2=O)cc1. The van der Waals surface area contributed by atoms with Crippen LogP contribution in [-0.2, 0) is 19.6 Å². The number of carbonyl (C=O) groups is 2. The Hall–Kier alpha value is -4.22. The number of benzene rings is 3. The van der Waals surface area contributed by atoms with Crippen molar-refractivity contribution in [3.63, 3.8) is 0 Å². The quantitative estimate of drug-likeness (QED) is 0.297. The fourth-order valence-electron chi connectivity index (χ4n) is 3.87. The first-order valence-electron chi connectivity index (χ1n) is 10.9. The molecule has 0 saturated carbocycles. The molecular weight excluding hydrogens is 484 g/mol. The molecule has 1 amide bonds. The second-order valence-electron chi connectivity index (χ2n) is 8.16. The first-order valence-corrected chi connectivity index (χ1v) is 12.4. The zero-order chi connectivity index (χ0) is 25.9. The molecule has 0 bridgehead atoms. The van der Waals surface area contributed by atoms with Crippen LogP contribution >= 0.6 is 0 Å². The predicted molar refractivity (Wildman–Crippen MR) is 133 cm³/mol. The zero-order valence-corrected chi connectivity index (χ0v) is 19.9. The fraction of sp³-hybridized carbons (Fsp3) is 0.160. The van der Waals surface area contributed by atoms with E-state index in [-0.39, 0.29) is 23.8 Å². The molecule has 1 unspecified atom stereocenters. The number of aliphatic carboxylic acids is 1. The van der Waals surface area contributed by atoms with E-state index in [0.29, 0.717) is 11.3 Å². The van der Waals surface area contributed by atoms with Crippen molar-refractivity contribution in [1.82, 2.24) is 4.31 Å². The number of sulfonamides is 1. The Bertz CT molecular complexity index is 1380. The van der Waals surface area contributed by atoms with Gasteiger partial charge < -0.3 is 15.6 Å². The van der Waals surface area contributed by atoms with Gasteiger partial charge in [0.25, 0.3) is 0 Å². The standard InChI is InChI=1S/C25H24N4O6S/c26-24(27)19-6-10-20(11-7-19)29-15-21(35-25(29)32)14-28(16-23(30)31)36(33,34)22-12-8-18(9-13-22)17-4-2-1-3-5-17/h1-13,21H,14-16H2,(H3,26,27)(H,30,31). The van der Waals surface area contributed by atoms with Crippen LogP contribution in [0, 0.1) is 5.41 Å². The molecule has 36 heavy (non-hydrogen) atoms. The third-order valence-corrected chi connectivity index (χ3v) is 7.51. The largest absolute Gasteiger partial charge is 0.480 e. The summed E-state index contributed by atoms with van der Waals surface area (Å²) in [6.07, 6.45) is -1.57. The molecular formula is C25H24N4O6S. The number of carbonyl (C=O) groups excluding carboxylic acids is 1. The van der Waals surface area contributed by atoms with Gasteiger partial charge in [-0.2, -0.15) is 4.31 Å². The number of hydrogen-bond acceptors (Lipinski definition) is 6. The van der Waals surface area contributed by atoms with Crippen LogP contribution in [0.15, 0.2) is 83.8 Å². The van der Waals surface area contributed by atoms with Gasteiger partial charge >= 0.3 is 12.1 Å². The van der Waals surface area contributed by atoms with Crippen molar-refractivity contribution in [2.45, 2.75) is 11.0 Å². The molecule has 0 aromatic heterocycles. The highest BCUT2D eigenvalue weighted by atomic mass is 32.2. The van der Waals surface area contributed by atoms with E-state index in [4.69, 9.17) is 15.9 Å². The third kappa shape index (κ3) is 5.37. The maximum Gasteiger partial charge on any atom is 0.414 e. The van der Waals surface area contributed by atoms with Crippen LogP contribution in [0.2, 0.25) is 0 Å². The van der Waals surface area contributed by atoms with Crippen molar-refractivity contribution in [3.8, 4) is 11.1 Å². The number of anilines is 1. The van der Waals surface area contributed by atoms with E-state index in [1.807, 2.05) is 30.3 Å². The minimum atomic E-state index is -4.19. The van der Waals surface area contributed by atoms with E-state index in [2.05, 4.69) is 0 Å². The molecule has 186 valence electrons. The van der Waals surface area contributed by atoms with Gasteiger partial charge in [-0.15, -0.1) is 0 Å². The van der Waals surface area contributed by atoms with E-state index >= 15 is 0 Å². The van der Waals surface area contributed by atoms with Crippen molar-refractivity contribution in [2.75, 3.05) is 24.5 Å². The summed E-state index contributed by atoms with van der Waals surface area (Å²) in [6, 6.07) is 21.9. The summed E-state index contributed by atoms with van der Waals surface area (Å²) in [5.74, 6) is -1.45. The van der Waals surface area contributed by atoms with Crippen molar-refractivity contribution >= 4 is 33.6 Å². The summed E-state index contributed by atoms with van der Waals surface area (Å²) >= 11 is 0. The van der Waals surface area contributed by atoms with Crippen LogP contribution in [-0.4, -0.2) is 61.5 Å². The number of rotatable bonds is 9. The molecule has 4 rings (SSSR count). The van der Waals surface area contributed by atoms with Gasteiger partial charge in [-0.05, 0) is 47.5 Å². The molecule has 1 heterocycles. The van der Waals surface area contributed by atoms with Gasteiger partial charge in [0.2, 0.25) is 10.0 Å². The van der Waals surface area contributed by atoms with Gasteiger partial charge in [0, 0.05) is 11.3 Å². The average Bonchev–Trinajstić information content (AvgIpc) is 3.24. The summed E-state index contributed by atoms with van der Waals surface area (Å²) in [7, 11) is -4.19. The second kappa shape index (κ2) is 10.2. The molecule has 1 aliphatic heterocycles. The Morgan fingerprint density at radius 1 is 1.03 bits per heavy atom. The third-order valence-electron chi connectivity index (χ3n) is 5.68. The molecule has 10 nitrogen and oxygen atoms in total. The van der Waals surface area contributed by atoms with E-state index in [0.717, 1.165) is 15.4 Å². The molecule has 1 fully saturated rings. The maximum atomic E-state index is 13.3. The Morgan fingerprint density at radius 2 is 1.64 bits per heavy atom. The lowest BCUT2D eigenvalue weighted by molar-refractivity contribution is -0.137. The number of amidine groups is 1. The van der Waals surface area contributed by atoms with E-state index in [1.165, 1.54) is 17.0 Å². The van der Waals surface area contributed by atoms with E-state index in [1.54, 1.807) is 36.4 Å². The summed E-state index contributed by atoms with van der Waals surface area (Å²) in [5.41, 5.74) is 8.15. The Balaban J connectivity index is 1.52. The van der Waals surface area contributed by atoms with Crippen LogP contribution in [0.5, 0.6) is 0 Å². The number of cyclic esters (lactones) is 1. The summed E-state index contributed by atoms with van der Waals surface area (Å²) in [4.78, 5) is 25.2. The molecule has 0 aliphatic carbocycles. The Morgan fingerprint density at radius 3 is 2.22 bits per heavy atom. The number of nitrogens with zero attached hydrogens (tertiary/aromatic N) is 2. The fourth-order valence-corrected chi connectivity index (χ4v) is 5.29. The van der Waals surface area contributed by atoms with Crippen LogP contribution < -0.4 is 10.6 Å². The zero-order valence-electron chi connectivity index (χ0n) is 19.1. The number of nitrogen functional groups attached to an aromatic ring is 1. The number of carboxylic acid groups (broad SMARTS) is 1. The summed E-state index contributed by atoms with van der Waals surface area (Å²) < 4.78 is 32.8. The Kier molecular flexibility index (Phi) is 7.04. The summed E-state index contributed by atoms with van der Waals surface area (Å²) in [5, 5.41) is 16.8. The molecule has 3 aromatic carbocycles. The van der Waals surface area contributed by atoms with E-state index < -0.39 is 34.7 Å². The topological polar surface area (TPSA) is 154 Å². The molecule has 0 spiro atoms. The highest BCUT2D eigenvalue weighted by molar-refractivity contribution is 7.89. The highest BCUT2D eigenvalue weighted by Crippen LogP contribution is 2.26. The molecule has 3 aromatic rings. The molecule has 1 atom stereocenters. The number of nitrogens with two attached hydrogens (primary N) is 1. The van der Waals surface area contributed by atoms with Gasteiger partial charge in [-0.3, -0.25) is 15.1 Å². The van der Waals surface area contributed by atoms with Crippen LogP contribution in [0.4, 0.5) is 10.5 Å². The minimum absolute atomic E-state index is 0.0246. The monoisotopic (exact) mass is 508 g/mol. The molecule has 1 aliphatic rings. The smallest absolute Gasteiger partial charge is 0.414 e. The molecule has 1 saturated heterocycles. The average molecular weight is 509 g/mol. The number of carboxylic acids is 1. The summed E-state index contributed by atoms with van der Waals surface area (Å²) in [6.45, 7) is -1.09. The van der Waals surface area contributed by atoms with Crippen LogP contribution in [0.3, 0.4) is 0 Å². The Labute approximate surface area is 208 Å². The second-order valence-corrected chi connectivity index (χ2v) is 10.1. The van der Waals surface area contributed by atoms with Crippen LogP contribution in [0.25, 0.3) is 11.1 Å². The number of hydrogen-bond donors (Lipinski definition) is 3. The van der Waals surface area contributed by atoms with Gasteiger partial charge in [-0.25, -0.2) is 13.2 Å². The molecule has 4 N–H and O–H groups in total. The highest BCUT2D eigenvalue weighted by Gasteiger charge is 2.37. The van der Waals surface area contributed by atoms with Gasteiger partial charge in [0.05, 0.1) is 18.0 Å².